The average molecular weight is 206 g/mol. The molecule has 2 rings (SSSR count). The van der Waals surface area contributed by atoms with Gasteiger partial charge in [0.1, 0.15) is 17.5 Å². The maximum atomic E-state index is 8.77. The van der Waals surface area contributed by atoms with Crippen LogP contribution in [0.15, 0.2) is 6.20 Å². The first kappa shape index (κ1) is 9.99. The summed E-state index contributed by atoms with van der Waals surface area (Å²) in [6.45, 7) is 2.77. The van der Waals surface area contributed by atoms with E-state index in [1.54, 1.807) is 4.68 Å². The number of anilines is 1. The lowest BCUT2D eigenvalue weighted by Crippen LogP contribution is -2.26. The highest BCUT2D eigenvalue weighted by atomic mass is 16.5. The molecule has 1 aromatic heterocycles. The molecule has 0 bridgehead atoms. The third-order valence-electron chi connectivity index (χ3n) is 2.76. The SMILES string of the molecule is C[C@@H]1CC(n2ncc(C#N)c2N)CCO1. The minimum atomic E-state index is 0.234. The Labute approximate surface area is 88.4 Å². The van der Waals surface area contributed by atoms with Crippen molar-refractivity contribution in [3.8, 4) is 6.07 Å². The second-order valence-corrected chi connectivity index (χ2v) is 3.86. The van der Waals surface area contributed by atoms with Gasteiger partial charge in [-0.05, 0) is 19.8 Å². The van der Waals surface area contributed by atoms with Gasteiger partial charge in [0, 0.05) is 6.61 Å². The first-order chi connectivity index (χ1) is 7.22. The van der Waals surface area contributed by atoms with Crippen molar-refractivity contribution in [2.45, 2.75) is 31.9 Å². The maximum absolute atomic E-state index is 8.77. The van der Waals surface area contributed by atoms with E-state index in [0.29, 0.717) is 11.4 Å². The number of nitrogens with zero attached hydrogens (tertiary/aromatic N) is 3. The molecule has 2 atom stereocenters. The highest BCUT2D eigenvalue weighted by Crippen LogP contribution is 2.27. The monoisotopic (exact) mass is 206 g/mol. The van der Waals surface area contributed by atoms with Crippen molar-refractivity contribution in [2.24, 2.45) is 0 Å². The number of ether oxygens (including phenoxy) is 1. The van der Waals surface area contributed by atoms with Gasteiger partial charge in [0.2, 0.25) is 0 Å². The van der Waals surface area contributed by atoms with E-state index < -0.39 is 0 Å². The summed E-state index contributed by atoms with van der Waals surface area (Å²) in [4.78, 5) is 0. The predicted octanol–water partition coefficient (Wildman–Crippen LogP) is 1.08. The molecule has 2 N–H and O–H groups in total. The fraction of sp³-hybridized carbons (Fsp3) is 0.600. The van der Waals surface area contributed by atoms with Gasteiger partial charge in [-0.1, -0.05) is 0 Å². The van der Waals surface area contributed by atoms with Gasteiger partial charge in [0.15, 0.2) is 0 Å². The number of hydrogen-bond acceptors (Lipinski definition) is 4. The number of nitrogens with two attached hydrogens (primary N) is 1. The van der Waals surface area contributed by atoms with E-state index >= 15 is 0 Å². The van der Waals surface area contributed by atoms with E-state index in [9.17, 15) is 0 Å². The van der Waals surface area contributed by atoms with Crippen LogP contribution in [0.2, 0.25) is 0 Å². The third-order valence-corrected chi connectivity index (χ3v) is 2.76. The summed E-state index contributed by atoms with van der Waals surface area (Å²) in [7, 11) is 0. The van der Waals surface area contributed by atoms with Gasteiger partial charge in [0.25, 0.3) is 0 Å². The molecule has 0 amide bonds. The van der Waals surface area contributed by atoms with Gasteiger partial charge in [0.05, 0.1) is 18.3 Å². The Morgan fingerprint density at radius 2 is 2.53 bits per heavy atom. The van der Waals surface area contributed by atoms with Crippen LogP contribution in [0.25, 0.3) is 0 Å². The van der Waals surface area contributed by atoms with Crippen LogP contribution in [0.4, 0.5) is 5.82 Å². The maximum Gasteiger partial charge on any atom is 0.140 e. The summed E-state index contributed by atoms with van der Waals surface area (Å²) in [5.74, 6) is 0.469. The van der Waals surface area contributed by atoms with Crippen LogP contribution in [0.5, 0.6) is 0 Å². The molecule has 5 heteroatoms. The standard InChI is InChI=1S/C10H14N4O/c1-7-4-9(2-3-15-7)14-10(12)8(5-11)6-13-14/h6-7,9H,2-4,12H2,1H3/t7-,9?/m1/s1. The van der Waals surface area contributed by atoms with Crippen LogP contribution in [0.3, 0.4) is 0 Å². The molecular formula is C10H14N4O. The van der Waals surface area contributed by atoms with Gasteiger partial charge in [-0.3, -0.25) is 0 Å². The largest absolute Gasteiger partial charge is 0.383 e. The minimum absolute atomic E-state index is 0.234. The van der Waals surface area contributed by atoms with Crippen molar-refractivity contribution in [3.63, 3.8) is 0 Å². The van der Waals surface area contributed by atoms with Gasteiger partial charge in [-0.25, -0.2) is 4.68 Å². The van der Waals surface area contributed by atoms with Crippen LogP contribution in [-0.4, -0.2) is 22.5 Å². The summed E-state index contributed by atoms with van der Waals surface area (Å²) >= 11 is 0. The van der Waals surface area contributed by atoms with Crippen LogP contribution < -0.4 is 5.73 Å². The molecule has 0 saturated carbocycles. The first-order valence-electron chi connectivity index (χ1n) is 5.07. The van der Waals surface area contributed by atoms with Crippen molar-refractivity contribution in [1.29, 1.82) is 5.26 Å². The van der Waals surface area contributed by atoms with Crippen molar-refractivity contribution in [3.05, 3.63) is 11.8 Å². The van der Waals surface area contributed by atoms with E-state index in [1.165, 1.54) is 6.20 Å². The Morgan fingerprint density at radius 3 is 3.13 bits per heavy atom. The molecule has 15 heavy (non-hydrogen) atoms. The molecule has 5 nitrogen and oxygen atoms in total. The molecule has 80 valence electrons. The second-order valence-electron chi connectivity index (χ2n) is 3.86. The first-order valence-corrected chi connectivity index (χ1v) is 5.07. The molecule has 1 aliphatic rings. The van der Waals surface area contributed by atoms with E-state index in [0.717, 1.165) is 19.4 Å². The number of aromatic nitrogens is 2. The molecule has 0 radical (unpaired) electrons. The Morgan fingerprint density at radius 1 is 1.73 bits per heavy atom. The highest BCUT2D eigenvalue weighted by molar-refractivity contribution is 5.47. The van der Waals surface area contributed by atoms with Crippen LogP contribution in [0, 0.1) is 11.3 Å². The summed E-state index contributed by atoms with van der Waals surface area (Å²) in [6, 6.07) is 2.29. The van der Waals surface area contributed by atoms with Gasteiger partial charge < -0.3 is 10.5 Å². The Kier molecular flexibility index (Phi) is 2.60. The van der Waals surface area contributed by atoms with Gasteiger partial charge in [-0.15, -0.1) is 0 Å². The fourth-order valence-corrected chi connectivity index (χ4v) is 1.95. The number of rotatable bonds is 1. The topological polar surface area (TPSA) is 76.9 Å². The van der Waals surface area contributed by atoms with Crippen molar-refractivity contribution in [2.75, 3.05) is 12.3 Å². The quantitative estimate of drug-likeness (QED) is 0.745. The molecule has 0 aliphatic carbocycles. The van der Waals surface area contributed by atoms with E-state index in [1.807, 2.05) is 13.0 Å². The number of nitriles is 1. The lowest BCUT2D eigenvalue weighted by molar-refractivity contribution is 0.00399. The minimum Gasteiger partial charge on any atom is -0.383 e. The Balaban J connectivity index is 2.22. The van der Waals surface area contributed by atoms with Crippen LogP contribution >= 0.6 is 0 Å². The van der Waals surface area contributed by atoms with Gasteiger partial charge >= 0.3 is 0 Å². The fourth-order valence-electron chi connectivity index (χ4n) is 1.95. The molecule has 1 saturated heterocycles. The van der Waals surface area contributed by atoms with E-state index in [-0.39, 0.29) is 12.1 Å². The predicted molar refractivity (Wildman–Crippen MR) is 55.0 cm³/mol. The average Bonchev–Trinajstić information content (AvgIpc) is 2.59. The number of hydrogen-bond donors (Lipinski definition) is 1. The third kappa shape index (κ3) is 1.81. The molecule has 0 aromatic carbocycles. The van der Waals surface area contributed by atoms with Crippen LogP contribution in [-0.2, 0) is 4.74 Å². The van der Waals surface area contributed by atoms with Crippen molar-refractivity contribution < 1.29 is 4.74 Å². The van der Waals surface area contributed by atoms with Crippen molar-refractivity contribution in [1.82, 2.24) is 9.78 Å². The van der Waals surface area contributed by atoms with E-state index in [4.69, 9.17) is 15.7 Å². The lowest BCUT2D eigenvalue weighted by atomic mass is 10.0. The number of nitrogen functional groups attached to an aromatic ring is 1. The molecule has 1 fully saturated rings. The molecule has 1 aliphatic heterocycles. The Hall–Kier alpha value is -1.54. The summed E-state index contributed by atoms with van der Waals surface area (Å²) in [5.41, 5.74) is 6.28. The summed E-state index contributed by atoms with van der Waals surface area (Å²) in [6.07, 6.45) is 3.56. The second kappa shape index (κ2) is 3.91. The molecule has 2 heterocycles. The highest BCUT2D eigenvalue weighted by Gasteiger charge is 2.23. The van der Waals surface area contributed by atoms with Gasteiger partial charge in [-0.2, -0.15) is 10.4 Å². The zero-order chi connectivity index (χ0) is 10.8. The Bertz CT molecular complexity index is 393. The zero-order valence-electron chi connectivity index (χ0n) is 8.68. The lowest BCUT2D eigenvalue weighted by Gasteiger charge is -2.27. The molecule has 1 aromatic rings. The zero-order valence-corrected chi connectivity index (χ0v) is 8.68. The molecular weight excluding hydrogens is 192 g/mol. The molecule has 1 unspecified atom stereocenters. The van der Waals surface area contributed by atoms with Crippen LogP contribution in [0.1, 0.15) is 31.4 Å². The summed E-state index contributed by atoms with van der Waals surface area (Å²) in [5, 5.41) is 12.9. The van der Waals surface area contributed by atoms with E-state index in [2.05, 4.69) is 5.10 Å². The normalized spacial score (nSPS) is 26.1. The summed E-state index contributed by atoms with van der Waals surface area (Å²) < 4.78 is 7.20. The smallest absolute Gasteiger partial charge is 0.140 e. The van der Waals surface area contributed by atoms with Crippen molar-refractivity contribution >= 4 is 5.82 Å². The molecule has 0 spiro atoms.